The Hall–Kier alpha value is -1.40. The van der Waals surface area contributed by atoms with E-state index >= 15 is 0 Å². The fourth-order valence-corrected chi connectivity index (χ4v) is 2.67. The molecule has 1 aromatic heterocycles. The first-order chi connectivity index (χ1) is 9.53. The highest BCUT2D eigenvalue weighted by Gasteiger charge is 2.20. The van der Waals surface area contributed by atoms with Crippen LogP contribution in [-0.2, 0) is 16.0 Å². The molecule has 0 fully saturated rings. The van der Waals surface area contributed by atoms with Crippen molar-refractivity contribution in [1.82, 2.24) is 0 Å². The molecule has 1 atom stereocenters. The zero-order valence-electron chi connectivity index (χ0n) is 12.2. The monoisotopic (exact) mass is 298 g/mol. The summed E-state index contributed by atoms with van der Waals surface area (Å²) < 4.78 is 5.01. The summed E-state index contributed by atoms with van der Waals surface area (Å²) >= 11 is 1.41. The minimum atomic E-state index is -0.398. The number of nitrogens with two attached hydrogens (primary N) is 1. The standard InChI is InChI=1S/C14H22N2O3S/c1-4-10-8-11(14(18)19-5-2)13(20-10)16-12(17)9(3)6-7-15/h8-9H,4-7,15H2,1-3H3,(H,16,17). The molecule has 5 nitrogen and oxygen atoms in total. The molecule has 0 aliphatic rings. The molecule has 0 aromatic carbocycles. The van der Waals surface area contributed by atoms with E-state index in [2.05, 4.69) is 5.32 Å². The molecule has 6 heteroatoms. The van der Waals surface area contributed by atoms with Crippen LogP contribution in [0.1, 0.15) is 42.4 Å². The van der Waals surface area contributed by atoms with Crippen molar-refractivity contribution in [3.8, 4) is 0 Å². The zero-order valence-corrected chi connectivity index (χ0v) is 13.0. The van der Waals surface area contributed by atoms with Gasteiger partial charge >= 0.3 is 5.97 Å². The van der Waals surface area contributed by atoms with Crippen LogP contribution in [0.25, 0.3) is 0 Å². The van der Waals surface area contributed by atoms with Gasteiger partial charge in [-0.1, -0.05) is 13.8 Å². The third kappa shape index (κ3) is 4.31. The summed E-state index contributed by atoms with van der Waals surface area (Å²) in [7, 11) is 0. The minimum absolute atomic E-state index is 0.120. The fraction of sp³-hybridized carbons (Fsp3) is 0.571. The molecule has 112 valence electrons. The van der Waals surface area contributed by atoms with Crippen molar-refractivity contribution in [1.29, 1.82) is 0 Å². The number of carbonyl (C=O) groups excluding carboxylic acids is 2. The van der Waals surface area contributed by atoms with Crippen molar-refractivity contribution in [2.75, 3.05) is 18.5 Å². The highest BCUT2D eigenvalue weighted by molar-refractivity contribution is 7.16. The van der Waals surface area contributed by atoms with Crippen LogP contribution in [0.4, 0.5) is 5.00 Å². The molecule has 3 N–H and O–H groups in total. The molecule has 1 unspecified atom stereocenters. The maximum atomic E-state index is 12.0. The molecule has 0 saturated heterocycles. The van der Waals surface area contributed by atoms with E-state index in [0.29, 0.717) is 30.1 Å². The number of carbonyl (C=O) groups is 2. The number of aryl methyl sites for hydroxylation is 1. The van der Waals surface area contributed by atoms with Gasteiger partial charge in [-0.3, -0.25) is 4.79 Å². The van der Waals surface area contributed by atoms with Gasteiger partial charge in [0.1, 0.15) is 5.00 Å². The van der Waals surface area contributed by atoms with E-state index in [4.69, 9.17) is 10.5 Å². The Labute approximate surface area is 123 Å². The summed E-state index contributed by atoms with van der Waals surface area (Å²) in [5, 5.41) is 3.38. The lowest BCUT2D eigenvalue weighted by molar-refractivity contribution is -0.119. The van der Waals surface area contributed by atoms with Gasteiger partial charge in [-0.15, -0.1) is 11.3 Å². The number of hydrogen-bond acceptors (Lipinski definition) is 5. The number of hydrogen-bond donors (Lipinski definition) is 2. The van der Waals surface area contributed by atoms with E-state index in [0.717, 1.165) is 11.3 Å². The average molecular weight is 298 g/mol. The van der Waals surface area contributed by atoms with E-state index in [9.17, 15) is 9.59 Å². The molecule has 20 heavy (non-hydrogen) atoms. The van der Waals surface area contributed by atoms with Gasteiger partial charge in [-0.2, -0.15) is 0 Å². The van der Waals surface area contributed by atoms with Gasteiger partial charge in [0.05, 0.1) is 12.2 Å². The molecule has 0 spiro atoms. The van der Waals surface area contributed by atoms with Crippen molar-refractivity contribution in [3.63, 3.8) is 0 Å². The molecule has 1 rings (SSSR count). The van der Waals surface area contributed by atoms with Gasteiger partial charge in [-0.25, -0.2) is 4.79 Å². The van der Waals surface area contributed by atoms with Crippen LogP contribution in [0, 0.1) is 5.92 Å². The van der Waals surface area contributed by atoms with E-state index in [1.807, 2.05) is 13.8 Å². The lowest BCUT2D eigenvalue weighted by Gasteiger charge is -2.11. The quantitative estimate of drug-likeness (QED) is 0.757. The summed E-state index contributed by atoms with van der Waals surface area (Å²) in [6.07, 6.45) is 1.43. The van der Waals surface area contributed by atoms with E-state index in [-0.39, 0.29) is 11.8 Å². The third-order valence-electron chi connectivity index (χ3n) is 2.91. The molecule has 0 radical (unpaired) electrons. The van der Waals surface area contributed by atoms with Gasteiger partial charge < -0.3 is 15.8 Å². The van der Waals surface area contributed by atoms with Crippen LogP contribution in [-0.4, -0.2) is 25.0 Å². The smallest absolute Gasteiger partial charge is 0.341 e. The average Bonchev–Trinajstić information content (AvgIpc) is 2.82. The van der Waals surface area contributed by atoms with Crippen LogP contribution in [0.5, 0.6) is 0 Å². The number of amides is 1. The molecule has 1 aromatic rings. The second-order valence-corrected chi connectivity index (χ2v) is 5.63. The van der Waals surface area contributed by atoms with Crippen molar-refractivity contribution < 1.29 is 14.3 Å². The Kier molecular flexibility index (Phi) is 6.67. The van der Waals surface area contributed by atoms with Crippen LogP contribution in [0.2, 0.25) is 0 Å². The van der Waals surface area contributed by atoms with Crippen molar-refractivity contribution >= 4 is 28.2 Å². The summed E-state index contributed by atoms with van der Waals surface area (Å²) in [6, 6.07) is 1.78. The number of thiophene rings is 1. The molecule has 0 saturated carbocycles. The lowest BCUT2D eigenvalue weighted by Crippen LogP contribution is -2.23. The lowest BCUT2D eigenvalue weighted by atomic mass is 10.1. The van der Waals surface area contributed by atoms with Crippen molar-refractivity contribution in [2.24, 2.45) is 11.7 Å². The number of anilines is 1. The van der Waals surface area contributed by atoms with Gasteiger partial charge in [0.15, 0.2) is 0 Å². The van der Waals surface area contributed by atoms with Crippen LogP contribution in [0.15, 0.2) is 6.07 Å². The number of ether oxygens (including phenoxy) is 1. The Morgan fingerprint density at radius 3 is 2.70 bits per heavy atom. The first kappa shape index (κ1) is 16.7. The maximum Gasteiger partial charge on any atom is 0.341 e. The largest absolute Gasteiger partial charge is 0.462 e. The molecular weight excluding hydrogens is 276 g/mol. The summed E-state index contributed by atoms with van der Waals surface area (Å²) in [6.45, 7) is 6.35. The van der Waals surface area contributed by atoms with Crippen LogP contribution >= 0.6 is 11.3 Å². The third-order valence-corrected chi connectivity index (χ3v) is 4.11. The summed E-state index contributed by atoms with van der Waals surface area (Å²) in [4.78, 5) is 24.9. The Morgan fingerprint density at radius 1 is 1.45 bits per heavy atom. The van der Waals surface area contributed by atoms with Gasteiger partial charge in [0.25, 0.3) is 0 Å². The molecule has 1 amide bonds. The predicted molar refractivity (Wildman–Crippen MR) is 81.1 cm³/mol. The second-order valence-electron chi connectivity index (χ2n) is 4.50. The summed E-state index contributed by atoms with van der Waals surface area (Å²) in [5.41, 5.74) is 5.88. The normalized spacial score (nSPS) is 12.0. The fourth-order valence-electron chi connectivity index (χ4n) is 1.69. The van der Waals surface area contributed by atoms with Crippen molar-refractivity contribution in [3.05, 3.63) is 16.5 Å². The zero-order chi connectivity index (χ0) is 15.1. The van der Waals surface area contributed by atoms with Crippen LogP contribution in [0.3, 0.4) is 0 Å². The summed E-state index contributed by atoms with van der Waals surface area (Å²) in [5.74, 6) is -0.696. The maximum absolute atomic E-state index is 12.0. The number of esters is 1. The van der Waals surface area contributed by atoms with Crippen LogP contribution < -0.4 is 11.1 Å². The molecular formula is C14H22N2O3S. The molecule has 1 heterocycles. The second kappa shape index (κ2) is 8.01. The Bertz CT molecular complexity index is 471. The molecule has 0 aliphatic heterocycles. The highest BCUT2D eigenvalue weighted by atomic mass is 32.1. The predicted octanol–water partition coefficient (Wildman–Crippen LogP) is 2.41. The SMILES string of the molecule is CCOC(=O)c1cc(CC)sc1NC(=O)C(C)CCN. The van der Waals surface area contributed by atoms with Gasteiger partial charge in [-0.05, 0) is 32.4 Å². The molecule has 0 bridgehead atoms. The van der Waals surface area contributed by atoms with E-state index in [1.54, 1.807) is 13.0 Å². The highest BCUT2D eigenvalue weighted by Crippen LogP contribution is 2.29. The number of rotatable bonds is 7. The molecule has 0 aliphatic carbocycles. The Morgan fingerprint density at radius 2 is 2.15 bits per heavy atom. The van der Waals surface area contributed by atoms with E-state index in [1.165, 1.54) is 11.3 Å². The topological polar surface area (TPSA) is 81.4 Å². The van der Waals surface area contributed by atoms with Gasteiger partial charge in [0.2, 0.25) is 5.91 Å². The first-order valence-corrected chi connectivity index (χ1v) is 7.65. The van der Waals surface area contributed by atoms with Gasteiger partial charge in [0, 0.05) is 10.8 Å². The van der Waals surface area contributed by atoms with E-state index < -0.39 is 5.97 Å². The van der Waals surface area contributed by atoms with Crippen molar-refractivity contribution in [2.45, 2.75) is 33.6 Å². The minimum Gasteiger partial charge on any atom is -0.462 e. The first-order valence-electron chi connectivity index (χ1n) is 6.84. The number of nitrogens with one attached hydrogen (secondary N) is 1. The Balaban J connectivity index is 2.90.